The lowest BCUT2D eigenvalue weighted by atomic mass is 10.1. The van der Waals surface area contributed by atoms with Crippen LogP contribution in [0.25, 0.3) is 20.9 Å². The zero-order chi connectivity index (χ0) is 14.1. The molecule has 3 aromatic rings. The van der Waals surface area contributed by atoms with E-state index in [0.29, 0.717) is 0 Å². The maximum absolute atomic E-state index is 2.26. The number of thiophene rings is 1. The lowest BCUT2D eigenvalue weighted by Crippen LogP contribution is -1.79. The van der Waals surface area contributed by atoms with Crippen LogP contribution in [0, 0.1) is 20.8 Å². The monoisotopic (exact) mass is 278 g/mol. The second kappa shape index (κ2) is 5.26. The average Bonchev–Trinajstić information content (AvgIpc) is 2.88. The van der Waals surface area contributed by atoms with E-state index in [9.17, 15) is 0 Å². The standard InChI is InChI=1S/C19H18S/c1-13-4-6-16(7-5-13)18-8-9-19(20-18)17-11-14(2)10-15(3)12-17/h4-12H,1-3H3. The van der Waals surface area contributed by atoms with Gasteiger partial charge < -0.3 is 0 Å². The van der Waals surface area contributed by atoms with Crippen molar-refractivity contribution in [3.05, 3.63) is 71.3 Å². The highest BCUT2D eigenvalue weighted by atomic mass is 32.1. The molecule has 0 spiro atoms. The van der Waals surface area contributed by atoms with Crippen molar-refractivity contribution >= 4 is 11.3 Å². The van der Waals surface area contributed by atoms with Crippen molar-refractivity contribution in [1.82, 2.24) is 0 Å². The number of aryl methyl sites for hydroxylation is 3. The summed E-state index contributed by atoms with van der Waals surface area (Å²) in [4.78, 5) is 2.67. The molecule has 0 nitrogen and oxygen atoms in total. The number of rotatable bonds is 2. The summed E-state index contributed by atoms with van der Waals surface area (Å²) in [6.07, 6.45) is 0. The molecule has 0 saturated heterocycles. The molecule has 0 atom stereocenters. The summed E-state index contributed by atoms with van der Waals surface area (Å²) in [5.74, 6) is 0. The molecule has 0 aliphatic heterocycles. The summed E-state index contributed by atoms with van der Waals surface area (Å²) < 4.78 is 0. The van der Waals surface area contributed by atoms with E-state index in [1.807, 2.05) is 11.3 Å². The summed E-state index contributed by atoms with van der Waals surface area (Å²) >= 11 is 1.86. The quantitative estimate of drug-likeness (QED) is 0.538. The third-order valence-corrected chi connectivity index (χ3v) is 4.63. The highest BCUT2D eigenvalue weighted by Crippen LogP contribution is 2.35. The second-order valence-electron chi connectivity index (χ2n) is 5.41. The molecule has 0 aliphatic carbocycles. The van der Waals surface area contributed by atoms with Crippen LogP contribution in [-0.2, 0) is 0 Å². The lowest BCUT2D eigenvalue weighted by molar-refractivity contribution is 1.39. The molecular weight excluding hydrogens is 260 g/mol. The average molecular weight is 278 g/mol. The molecule has 20 heavy (non-hydrogen) atoms. The van der Waals surface area contributed by atoms with Gasteiger partial charge in [-0.15, -0.1) is 11.3 Å². The van der Waals surface area contributed by atoms with Crippen molar-refractivity contribution < 1.29 is 0 Å². The topological polar surface area (TPSA) is 0 Å². The fraction of sp³-hybridized carbons (Fsp3) is 0.158. The van der Waals surface area contributed by atoms with Gasteiger partial charge in [0.2, 0.25) is 0 Å². The Morgan fingerprint density at radius 1 is 0.550 bits per heavy atom. The minimum Gasteiger partial charge on any atom is -0.135 e. The molecule has 2 aromatic carbocycles. The van der Waals surface area contributed by atoms with Crippen LogP contribution < -0.4 is 0 Å². The van der Waals surface area contributed by atoms with E-state index in [0.717, 1.165) is 0 Å². The van der Waals surface area contributed by atoms with Gasteiger partial charge in [0.05, 0.1) is 0 Å². The van der Waals surface area contributed by atoms with Gasteiger partial charge in [0, 0.05) is 9.75 Å². The molecule has 0 saturated carbocycles. The zero-order valence-electron chi connectivity index (χ0n) is 12.1. The third kappa shape index (κ3) is 2.68. The Labute approximate surface area is 124 Å². The Morgan fingerprint density at radius 2 is 1.10 bits per heavy atom. The molecule has 0 radical (unpaired) electrons. The molecule has 100 valence electrons. The minimum absolute atomic E-state index is 1.30. The van der Waals surface area contributed by atoms with Crippen LogP contribution in [-0.4, -0.2) is 0 Å². The van der Waals surface area contributed by atoms with Gasteiger partial charge in [-0.25, -0.2) is 0 Å². The van der Waals surface area contributed by atoms with E-state index in [4.69, 9.17) is 0 Å². The van der Waals surface area contributed by atoms with Gasteiger partial charge in [-0.1, -0.05) is 59.2 Å². The first-order valence-corrected chi connectivity index (χ1v) is 7.69. The first-order valence-electron chi connectivity index (χ1n) is 6.87. The molecule has 0 N–H and O–H groups in total. The smallest absolute Gasteiger partial charge is 0.0349 e. The first kappa shape index (κ1) is 13.1. The van der Waals surface area contributed by atoms with Gasteiger partial charge >= 0.3 is 0 Å². The van der Waals surface area contributed by atoms with Gasteiger partial charge in [0.1, 0.15) is 0 Å². The van der Waals surface area contributed by atoms with E-state index in [1.165, 1.54) is 37.6 Å². The summed E-state index contributed by atoms with van der Waals surface area (Å²) in [6, 6.07) is 19.9. The number of hydrogen-bond donors (Lipinski definition) is 0. The van der Waals surface area contributed by atoms with Gasteiger partial charge in [0.15, 0.2) is 0 Å². The van der Waals surface area contributed by atoms with Crippen molar-refractivity contribution in [3.8, 4) is 20.9 Å². The van der Waals surface area contributed by atoms with E-state index in [1.54, 1.807) is 0 Å². The Morgan fingerprint density at radius 3 is 1.70 bits per heavy atom. The maximum atomic E-state index is 2.26. The highest BCUT2D eigenvalue weighted by Gasteiger charge is 2.05. The zero-order valence-corrected chi connectivity index (χ0v) is 12.9. The van der Waals surface area contributed by atoms with Crippen molar-refractivity contribution in [1.29, 1.82) is 0 Å². The van der Waals surface area contributed by atoms with Crippen LogP contribution in [0.3, 0.4) is 0 Å². The normalized spacial score (nSPS) is 10.8. The van der Waals surface area contributed by atoms with E-state index in [-0.39, 0.29) is 0 Å². The first-order chi connectivity index (χ1) is 9.61. The predicted molar refractivity (Wildman–Crippen MR) is 89.4 cm³/mol. The van der Waals surface area contributed by atoms with Gasteiger partial charge in [0.25, 0.3) is 0 Å². The van der Waals surface area contributed by atoms with E-state index < -0.39 is 0 Å². The van der Waals surface area contributed by atoms with Crippen LogP contribution in [0.4, 0.5) is 0 Å². The Balaban J connectivity index is 1.99. The summed E-state index contributed by atoms with van der Waals surface area (Å²) in [7, 11) is 0. The van der Waals surface area contributed by atoms with Crippen molar-refractivity contribution in [3.63, 3.8) is 0 Å². The molecule has 0 unspecified atom stereocenters. The number of benzene rings is 2. The van der Waals surface area contributed by atoms with Crippen molar-refractivity contribution in [2.45, 2.75) is 20.8 Å². The van der Waals surface area contributed by atoms with Crippen LogP contribution in [0.1, 0.15) is 16.7 Å². The molecule has 1 aromatic heterocycles. The molecular formula is C19H18S. The molecule has 1 heteroatoms. The molecule has 1 heterocycles. The molecule has 0 amide bonds. The van der Waals surface area contributed by atoms with Gasteiger partial charge in [-0.05, 0) is 44.0 Å². The number of hydrogen-bond acceptors (Lipinski definition) is 1. The Hall–Kier alpha value is -1.86. The Bertz CT molecular complexity index is 712. The third-order valence-electron chi connectivity index (χ3n) is 3.45. The van der Waals surface area contributed by atoms with Gasteiger partial charge in [-0.2, -0.15) is 0 Å². The van der Waals surface area contributed by atoms with E-state index >= 15 is 0 Å². The maximum Gasteiger partial charge on any atom is 0.0349 e. The second-order valence-corrected chi connectivity index (χ2v) is 6.49. The van der Waals surface area contributed by atoms with Crippen LogP contribution in [0.15, 0.2) is 54.6 Å². The van der Waals surface area contributed by atoms with Crippen molar-refractivity contribution in [2.75, 3.05) is 0 Å². The lowest BCUT2D eigenvalue weighted by Gasteiger charge is -2.02. The molecule has 0 bridgehead atoms. The summed E-state index contributed by atoms with van der Waals surface area (Å²) in [5.41, 5.74) is 6.58. The molecule has 0 fully saturated rings. The summed E-state index contributed by atoms with van der Waals surface area (Å²) in [6.45, 7) is 6.44. The van der Waals surface area contributed by atoms with Crippen LogP contribution >= 0.6 is 11.3 Å². The fourth-order valence-corrected chi connectivity index (χ4v) is 3.48. The Kier molecular flexibility index (Phi) is 3.45. The SMILES string of the molecule is Cc1ccc(-c2ccc(-c3cc(C)cc(C)c3)s2)cc1. The van der Waals surface area contributed by atoms with Gasteiger partial charge in [-0.3, -0.25) is 0 Å². The molecule has 3 rings (SSSR count). The predicted octanol–water partition coefficient (Wildman–Crippen LogP) is 6.01. The van der Waals surface area contributed by atoms with Crippen LogP contribution in [0.5, 0.6) is 0 Å². The van der Waals surface area contributed by atoms with Crippen molar-refractivity contribution in [2.24, 2.45) is 0 Å². The largest absolute Gasteiger partial charge is 0.135 e. The minimum atomic E-state index is 1.30. The molecule has 0 aliphatic rings. The fourth-order valence-electron chi connectivity index (χ4n) is 2.48. The van der Waals surface area contributed by atoms with Crippen LogP contribution in [0.2, 0.25) is 0 Å². The van der Waals surface area contributed by atoms with E-state index in [2.05, 4.69) is 75.4 Å². The summed E-state index contributed by atoms with van der Waals surface area (Å²) in [5, 5.41) is 0. The highest BCUT2D eigenvalue weighted by molar-refractivity contribution is 7.18.